The molecule has 0 fully saturated rings. The standard InChI is InChI=1S/C6H11F3O.ClH/c1-4(3-10)5(2)6(7,8)9;/h4-5,10H,3H2,1-2H3;1H. The lowest BCUT2D eigenvalue weighted by Gasteiger charge is -2.20. The molecule has 1 N–H and O–H groups in total. The fourth-order valence-electron chi connectivity index (χ4n) is 0.481. The fraction of sp³-hybridized carbons (Fsp3) is 1.00. The maximum atomic E-state index is 11.8. The Bertz CT molecular complexity index is 104. The maximum Gasteiger partial charge on any atom is 0.391 e. The van der Waals surface area contributed by atoms with Crippen molar-refractivity contribution in [2.24, 2.45) is 11.8 Å². The summed E-state index contributed by atoms with van der Waals surface area (Å²) in [5.41, 5.74) is 0. The summed E-state index contributed by atoms with van der Waals surface area (Å²) in [6.45, 7) is 2.03. The molecule has 0 bridgehead atoms. The Kier molecular flexibility index (Phi) is 5.97. The molecule has 0 saturated heterocycles. The third-order valence-corrected chi connectivity index (χ3v) is 1.66. The number of aliphatic hydroxyl groups is 1. The van der Waals surface area contributed by atoms with Crippen LogP contribution in [0.5, 0.6) is 0 Å². The molecule has 0 aliphatic heterocycles. The van der Waals surface area contributed by atoms with Crippen molar-refractivity contribution in [3.63, 3.8) is 0 Å². The lowest BCUT2D eigenvalue weighted by molar-refractivity contribution is -0.184. The van der Waals surface area contributed by atoms with E-state index in [1.165, 1.54) is 6.92 Å². The normalized spacial score (nSPS) is 16.9. The molecule has 0 aromatic heterocycles. The second-order valence-electron chi connectivity index (χ2n) is 2.49. The van der Waals surface area contributed by atoms with Crippen molar-refractivity contribution < 1.29 is 18.3 Å². The molecule has 5 heteroatoms. The predicted octanol–water partition coefficient (Wildman–Crippen LogP) is 2.24. The molecule has 0 saturated carbocycles. The third-order valence-electron chi connectivity index (χ3n) is 1.66. The second kappa shape index (κ2) is 4.83. The lowest BCUT2D eigenvalue weighted by Crippen LogP contribution is -2.27. The van der Waals surface area contributed by atoms with Crippen molar-refractivity contribution in [3.05, 3.63) is 0 Å². The van der Waals surface area contributed by atoms with Crippen LogP contribution < -0.4 is 0 Å². The van der Waals surface area contributed by atoms with Gasteiger partial charge < -0.3 is 5.11 Å². The van der Waals surface area contributed by atoms with E-state index in [-0.39, 0.29) is 12.4 Å². The molecule has 1 nitrogen and oxygen atoms in total. The Morgan fingerprint density at radius 3 is 1.73 bits per heavy atom. The van der Waals surface area contributed by atoms with E-state index in [1.54, 1.807) is 0 Å². The van der Waals surface area contributed by atoms with E-state index in [1.807, 2.05) is 0 Å². The number of aliphatic hydroxyl groups excluding tert-OH is 1. The van der Waals surface area contributed by atoms with Gasteiger partial charge in [-0.2, -0.15) is 13.2 Å². The van der Waals surface area contributed by atoms with Crippen LogP contribution in [0.2, 0.25) is 0 Å². The quantitative estimate of drug-likeness (QED) is 0.712. The van der Waals surface area contributed by atoms with Crippen LogP contribution in [0.1, 0.15) is 13.8 Å². The van der Waals surface area contributed by atoms with Gasteiger partial charge >= 0.3 is 6.18 Å². The maximum absolute atomic E-state index is 11.8. The first-order valence-electron chi connectivity index (χ1n) is 3.07. The zero-order valence-corrected chi connectivity index (χ0v) is 7.17. The molecule has 0 radical (unpaired) electrons. The number of hydrogen-bond donors (Lipinski definition) is 1. The molecular weight excluding hydrogens is 181 g/mol. The van der Waals surface area contributed by atoms with E-state index < -0.39 is 24.6 Å². The SMILES string of the molecule is CC(CO)C(C)C(F)(F)F.Cl. The van der Waals surface area contributed by atoms with Crippen LogP contribution in [0.15, 0.2) is 0 Å². The van der Waals surface area contributed by atoms with Crippen molar-refractivity contribution in [2.75, 3.05) is 6.61 Å². The van der Waals surface area contributed by atoms with Gasteiger partial charge in [-0.3, -0.25) is 0 Å². The number of rotatable bonds is 2. The van der Waals surface area contributed by atoms with Crippen LogP contribution in [-0.4, -0.2) is 17.9 Å². The summed E-state index contributed by atoms with van der Waals surface area (Å²) in [5, 5.41) is 8.37. The van der Waals surface area contributed by atoms with Gasteiger partial charge in [0.15, 0.2) is 0 Å². The number of alkyl halides is 3. The van der Waals surface area contributed by atoms with Crippen LogP contribution in [0.3, 0.4) is 0 Å². The van der Waals surface area contributed by atoms with Gasteiger partial charge in [-0.1, -0.05) is 13.8 Å². The van der Waals surface area contributed by atoms with Gasteiger partial charge in [-0.15, -0.1) is 12.4 Å². The second-order valence-corrected chi connectivity index (χ2v) is 2.49. The Morgan fingerprint density at radius 1 is 1.27 bits per heavy atom. The van der Waals surface area contributed by atoms with Crippen LogP contribution >= 0.6 is 12.4 Å². The summed E-state index contributed by atoms with van der Waals surface area (Å²) in [7, 11) is 0. The molecule has 0 aliphatic carbocycles. The summed E-state index contributed by atoms with van der Waals surface area (Å²) in [6, 6.07) is 0. The summed E-state index contributed by atoms with van der Waals surface area (Å²) in [6.07, 6.45) is -4.18. The molecule has 0 rings (SSSR count). The van der Waals surface area contributed by atoms with E-state index in [0.717, 1.165) is 6.92 Å². The molecule has 0 aliphatic rings. The van der Waals surface area contributed by atoms with Crippen LogP contribution in [-0.2, 0) is 0 Å². The highest BCUT2D eigenvalue weighted by Gasteiger charge is 2.38. The zero-order chi connectivity index (χ0) is 8.36. The first-order chi connectivity index (χ1) is 4.39. The van der Waals surface area contributed by atoms with E-state index in [4.69, 9.17) is 5.11 Å². The van der Waals surface area contributed by atoms with E-state index in [2.05, 4.69) is 0 Å². The highest BCUT2D eigenvalue weighted by molar-refractivity contribution is 5.85. The molecule has 0 spiro atoms. The Balaban J connectivity index is 0. The van der Waals surface area contributed by atoms with Gasteiger partial charge in [-0.05, 0) is 5.92 Å². The molecule has 70 valence electrons. The van der Waals surface area contributed by atoms with E-state index >= 15 is 0 Å². The van der Waals surface area contributed by atoms with Gasteiger partial charge in [0.25, 0.3) is 0 Å². The largest absolute Gasteiger partial charge is 0.396 e. The summed E-state index contributed by atoms with van der Waals surface area (Å²) < 4.78 is 35.3. The van der Waals surface area contributed by atoms with Crippen molar-refractivity contribution in [1.29, 1.82) is 0 Å². The first kappa shape index (κ1) is 13.6. The molecule has 2 unspecified atom stereocenters. The molecule has 11 heavy (non-hydrogen) atoms. The smallest absolute Gasteiger partial charge is 0.391 e. The molecular formula is C6H12ClF3O. The van der Waals surface area contributed by atoms with Gasteiger partial charge in [0.05, 0.1) is 5.92 Å². The summed E-state index contributed by atoms with van der Waals surface area (Å²) in [4.78, 5) is 0. The van der Waals surface area contributed by atoms with E-state index in [0.29, 0.717) is 0 Å². The first-order valence-corrected chi connectivity index (χ1v) is 3.07. The minimum Gasteiger partial charge on any atom is -0.396 e. The molecule has 0 amide bonds. The average Bonchev–Trinajstić information content (AvgIpc) is 1.83. The van der Waals surface area contributed by atoms with Crippen molar-refractivity contribution in [1.82, 2.24) is 0 Å². The van der Waals surface area contributed by atoms with Crippen molar-refractivity contribution in [2.45, 2.75) is 20.0 Å². The highest BCUT2D eigenvalue weighted by atomic mass is 35.5. The molecule has 0 aromatic rings. The lowest BCUT2D eigenvalue weighted by atomic mass is 9.97. The minimum absolute atomic E-state index is 0. The van der Waals surface area contributed by atoms with Gasteiger partial charge in [-0.25, -0.2) is 0 Å². The Morgan fingerprint density at radius 2 is 1.64 bits per heavy atom. The minimum atomic E-state index is -4.18. The van der Waals surface area contributed by atoms with Gasteiger partial charge in [0.2, 0.25) is 0 Å². The topological polar surface area (TPSA) is 20.2 Å². The molecule has 0 aromatic carbocycles. The third kappa shape index (κ3) is 4.48. The highest BCUT2D eigenvalue weighted by Crippen LogP contribution is 2.30. The number of hydrogen-bond acceptors (Lipinski definition) is 1. The Labute approximate surface area is 70.0 Å². The van der Waals surface area contributed by atoms with Crippen LogP contribution in [0.25, 0.3) is 0 Å². The summed E-state index contributed by atoms with van der Waals surface area (Å²) in [5.74, 6) is -2.13. The zero-order valence-electron chi connectivity index (χ0n) is 6.35. The van der Waals surface area contributed by atoms with Crippen molar-refractivity contribution in [3.8, 4) is 0 Å². The Hall–Kier alpha value is 0.0400. The predicted molar refractivity (Wildman–Crippen MR) is 38.7 cm³/mol. The monoisotopic (exact) mass is 192 g/mol. The fourth-order valence-corrected chi connectivity index (χ4v) is 0.481. The number of halogens is 4. The van der Waals surface area contributed by atoms with Gasteiger partial charge in [0, 0.05) is 6.61 Å². The van der Waals surface area contributed by atoms with Crippen LogP contribution in [0, 0.1) is 11.8 Å². The average molecular weight is 193 g/mol. The van der Waals surface area contributed by atoms with Crippen LogP contribution in [0.4, 0.5) is 13.2 Å². The van der Waals surface area contributed by atoms with E-state index in [9.17, 15) is 13.2 Å². The molecule has 0 heterocycles. The van der Waals surface area contributed by atoms with Crippen molar-refractivity contribution >= 4 is 12.4 Å². The summed E-state index contributed by atoms with van der Waals surface area (Å²) >= 11 is 0. The van der Waals surface area contributed by atoms with Gasteiger partial charge in [0.1, 0.15) is 0 Å². The molecule has 2 atom stereocenters.